The number of carbonyl (C=O) groups is 1. The van der Waals surface area contributed by atoms with Gasteiger partial charge in [0, 0.05) is 12.3 Å². The van der Waals surface area contributed by atoms with Gasteiger partial charge in [-0.15, -0.1) is 11.8 Å². The Morgan fingerprint density at radius 2 is 1.76 bits per heavy atom. The van der Waals surface area contributed by atoms with Gasteiger partial charge in [-0.1, -0.05) is 42.5 Å². The quantitative estimate of drug-likeness (QED) is 0.880. The molecule has 0 spiro atoms. The van der Waals surface area contributed by atoms with Crippen molar-refractivity contribution in [3.8, 4) is 0 Å². The van der Waals surface area contributed by atoms with Crippen LogP contribution in [0, 0.1) is 5.82 Å². The second kappa shape index (κ2) is 7.84. The van der Waals surface area contributed by atoms with Crippen molar-refractivity contribution < 1.29 is 9.18 Å². The Morgan fingerprint density at radius 3 is 2.43 bits per heavy atom. The molecule has 0 unspecified atom stereocenters. The molecule has 0 aliphatic rings. The van der Waals surface area contributed by atoms with Gasteiger partial charge >= 0.3 is 0 Å². The molecule has 1 N–H and O–H groups in total. The molecule has 0 aliphatic heterocycles. The molecule has 0 aliphatic carbocycles. The standard InChI is InChI=1S/C17H18FNOS/c1-13(21-12-15-5-3-2-4-6-15)17(20)19-11-14-7-9-16(18)10-8-14/h2-10,13H,11-12H2,1H3,(H,19,20)/t13-/m0/s1. The minimum Gasteiger partial charge on any atom is -0.351 e. The van der Waals surface area contributed by atoms with E-state index in [9.17, 15) is 9.18 Å². The Hall–Kier alpha value is -1.81. The molecular weight excluding hydrogens is 285 g/mol. The Bertz CT molecular complexity index is 571. The molecular formula is C17H18FNOS. The first-order valence-corrected chi connectivity index (χ1v) is 7.87. The summed E-state index contributed by atoms with van der Waals surface area (Å²) in [5.74, 6) is 0.545. The summed E-state index contributed by atoms with van der Waals surface area (Å²) in [6, 6.07) is 16.2. The van der Waals surface area contributed by atoms with Gasteiger partial charge in [-0.3, -0.25) is 4.79 Å². The first-order valence-electron chi connectivity index (χ1n) is 6.83. The predicted molar refractivity (Wildman–Crippen MR) is 85.4 cm³/mol. The Balaban J connectivity index is 1.76. The van der Waals surface area contributed by atoms with Crippen molar-refractivity contribution in [3.05, 3.63) is 71.5 Å². The molecule has 0 bridgehead atoms. The lowest BCUT2D eigenvalue weighted by Gasteiger charge is -2.12. The van der Waals surface area contributed by atoms with Crippen molar-refractivity contribution in [2.75, 3.05) is 0 Å². The van der Waals surface area contributed by atoms with Crippen molar-refractivity contribution in [3.63, 3.8) is 0 Å². The number of halogens is 1. The van der Waals surface area contributed by atoms with Crippen molar-refractivity contribution in [1.82, 2.24) is 5.32 Å². The summed E-state index contributed by atoms with van der Waals surface area (Å²) >= 11 is 1.60. The molecule has 2 aromatic carbocycles. The lowest BCUT2D eigenvalue weighted by atomic mass is 10.2. The van der Waals surface area contributed by atoms with E-state index in [1.807, 2.05) is 25.1 Å². The molecule has 21 heavy (non-hydrogen) atoms. The van der Waals surface area contributed by atoms with Crippen LogP contribution in [0.25, 0.3) is 0 Å². The molecule has 0 saturated heterocycles. The fraction of sp³-hybridized carbons (Fsp3) is 0.235. The minimum absolute atomic E-state index is 0.000237. The van der Waals surface area contributed by atoms with Crippen LogP contribution < -0.4 is 5.32 Å². The average Bonchev–Trinajstić information content (AvgIpc) is 2.52. The van der Waals surface area contributed by atoms with Gasteiger partial charge in [0.15, 0.2) is 0 Å². The van der Waals surface area contributed by atoms with Crippen LogP contribution in [0.15, 0.2) is 54.6 Å². The molecule has 0 radical (unpaired) electrons. The number of hydrogen-bond donors (Lipinski definition) is 1. The molecule has 2 nitrogen and oxygen atoms in total. The van der Waals surface area contributed by atoms with Gasteiger partial charge in [0.05, 0.1) is 5.25 Å². The second-order valence-corrected chi connectivity index (χ2v) is 6.11. The van der Waals surface area contributed by atoms with E-state index in [1.54, 1.807) is 23.9 Å². The van der Waals surface area contributed by atoms with Crippen LogP contribution in [-0.2, 0) is 17.1 Å². The number of carbonyl (C=O) groups excluding carboxylic acids is 1. The summed E-state index contributed by atoms with van der Waals surface area (Å²) in [7, 11) is 0. The molecule has 0 heterocycles. The maximum absolute atomic E-state index is 12.8. The normalized spacial score (nSPS) is 11.9. The predicted octanol–water partition coefficient (Wildman–Crippen LogP) is 3.76. The summed E-state index contributed by atoms with van der Waals surface area (Å²) in [6.45, 7) is 2.32. The summed E-state index contributed by atoms with van der Waals surface area (Å²) in [4.78, 5) is 12.0. The molecule has 2 aromatic rings. The van der Waals surface area contributed by atoms with Crippen molar-refractivity contribution in [1.29, 1.82) is 0 Å². The van der Waals surface area contributed by atoms with Crippen LogP contribution in [0.4, 0.5) is 4.39 Å². The zero-order valence-electron chi connectivity index (χ0n) is 11.9. The Labute approximate surface area is 128 Å². The fourth-order valence-corrected chi connectivity index (χ4v) is 2.68. The van der Waals surface area contributed by atoms with Gasteiger partial charge in [0.1, 0.15) is 5.82 Å². The Kier molecular flexibility index (Phi) is 5.81. The second-order valence-electron chi connectivity index (χ2n) is 4.78. The summed E-state index contributed by atoms with van der Waals surface area (Å²) in [5, 5.41) is 2.75. The van der Waals surface area contributed by atoms with Crippen molar-refractivity contribution in [2.45, 2.75) is 24.5 Å². The molecule has 110 valence electrons. The summed E-state index contributed by atoms with van der Waals surface area (Å²) < 4.78 is 12.8. The number of rotatable bonds is 6. The van der Waals surface area contributed by atoms with Gasteiger partial charge in [0.25, 0.3) is 0 Å². The van der Waals surface area contributed by atoms with Gasteiger partial charge in [-0.05, 0) is 30.2 Å². The van der Waals surface area contributed by atoms with Crippen LogP contribution in [0.5, 0.6) is 0 Å². The smallest absolute Gasteiger partial charge is 0.233 e. The first kappa shape index (κ1) is 15.6. The highest BCUT2D eigenvalue weighted by molar-refractivity contribution is 7.99. The third-order valence-corrected chi connectivity index (χ3v) is 4.31. The lowest BCUT2D eigenvalue weighted by Crippen LogP contribution is -2.30. The van der Waals surface area contributed by atoms with E-state index in [1.165, 1.54) is 17.7 Å². The van der Waals surface area contributed by atoms with E-state index in [4.69, 9.17) is 0 Å². The van der Waals surface area contributed by atoms with E-state index < -0.39 is 0 Å². The highest BCUT2D eigenvalue weighted by Crippen LogP contribution is 2.17. The number of amides is 1. The number of hydrogen-bond acceptors (Lipinski definition) is 2. The van der Waals surface area contributed by atoms with Crippen molar-refractivity contribution in [2.24, 2.45) is 0 Å². The van der Waals surface area contributed by atoms with Gasteiger partial charge in [-0.25, -0.2) is 4.39 Å². The van der Waals surface area contributed by atoms with E-state index in [2.05, 4.69) is 17.4 Å². The lowest BCUT2D eigenvalue weighted by molar-refractivity contribution is -0.120. The highest BCUT2D eigenvalue weighted by atomic mass is 32.2. The van der Waals surface area contributed by atoms with Crippen LogP contribution in [0.2, 0.25) is 0 Å². The molecule has 4 heteroatoms. The fourth-order valence-electron chi connectivity index (χ4n) is 1.81. The number of thioether (sulfide) groups is 1. The van der Waals surface area contributed by atoms with Crippen LogP contribution in [-0.4, -0.2) is 11.2 Å². The molecule has 1 amide bonds. The SMILES string of the molecule is C[C@H](SCc1ccccc1)C(=O)NCc1ccc(F)cc1. The maximum atomic E-state index is 12.8. The van der Waals surface area contributed by atoms with E-state index in [0.717, 1.165) is 11.3 Å². The van der Waals surface area contributed by atoms with E-state index in [0.29, 0.717) is 6.54 Å². The summed E-state index contributed by atoms with van der Waals surface area (Å²) in [6.07, 6.45) is 0. The van der Waals surface area contributed by atoms with E-state index in [-0.39, 0.29) is 17.0 Å². The van der Waals surface area contributed by atoms with E-state index >= 15 is 0 Å². The molecule has 2 rings (SSSR count). The monoisotopic (exact) mass is 303 g/mol. The molecule has 0 saturated carbocycles. The molecule has 1 atom stereocenters. The number of nitrogens with one attached hydrogen (secondary N) is 1. The maximum Gasteiger partial charge on any atom is 0.233 e. The van der Waals surface area contributed by atoms with Gasteiger partial charge in [-0.2, -0.15) is 0 Å². The molecule has 0 aromatic heterocycles. The first-order chi connectivity index (χ1) is 10.1. The third-order valence-electron chi connectivity index (χ3n) is 3.09. The summed E-state index contributed by atoms with van der Waals surface area (Å²) in [5.41, 5.74) is 2.10. The van der Waals surface area contributed by atoms with Crippen LogP contribution >= 0.6 is 11.8 Å². The topological polar surface area (TPSA) is 29.1 Å². The van der Waals surface area contributed by atoms with Gasteiger partial charge < -0.3 is 5.32 Å². The zero-order chi connectivity index (χ0) is 15.1. The minimum atomic E-state index is -0.267. The number of benzene rings is 2. The highest BCUT2D eigenvalue weighted by Gasteiger charge is 2.12. The van der Waals surface area contributed by atoms with Gasteiger partial charge in [0.2, 0.25) is 5.91 Å². The molecule has 0 fully saturated rings. The average molecular weight is 303 g/mol. The van der Waals surface area contributed by atoms with Crippen LogP contribution in [0.1, 0.15) is 18.1 Å². The van der Waals surface area contributed by atoms with Crippen molar-refractivity contribution >= 4 is 17.7 Å². The third kappa shape index (κ3) is 5.23. The zero-order valence-corrected chi connectivity index (χ0v) is 12.7. The van der Waals surface area contributed by atoms with Crippen LogP contribution in [0.3, 0.4) is 0 Å². The Morgan fingerprint density at radius 1 is 1.10 bits per heavy atom. The largest absolute Gasteiger partial charge is 0.351 e.